The van der Waals surface area contributed by atoms with Crippen LogP contribution >= 0.6 is 0 Å². The molecule has 1 aromatic carbocycles. The van der Waals surface area contributed by atoms with Crippen LogP contribution in [0.1, 0.15) is 12.0 Å². The third-order valence-electron chi connectivity index (χ3n) is 2.58. The number of hydrogen-bond acceptors (Lipinski definition) is 3. The van der Waals surface area contributed by atoms with Crippen LogP contribution in [0, 0.1) is 6.92 Å². The smallest absolute Gasteiger partial charge is 0.240 e. The van der Waals surface area contributed by atoms with Gasteiger partial charge in [-0.3, -0.25) is 9.59 Å². The SMILES string of the molecule is Cc1cccc(NC(CC(=O)N(C)C)C(N)=O)c1. The van der Waals surface area contributed by atoms with E-state index in [-0.39, 0.29) is 12.3 Å². The van der Waals surface area contributed by atoms with Crippen molar-refractivity contribution in [1.29, 1.82) is 0 Å². The molecule has 0 aliphatic heterocycles. The van der Waals surface area contributed by atoms with E-state index in [1.165, 1.54) is 4.90 Å². The topological polar surface area (TPSA) is 75.4 Å². The zero-order valence-corrected chi connectivity index (χ0v) is 10.9. The molecule has 0 saturated heterocycles. The number of primary amides is 1. The molecular formula is C13H19N3O2. The number of nitrogens with two attached hydrogens (primary N) is 1. The summed E-state index contributed by atoms with van der Waals surface area (Å²) >= 11 is 0. The Morgan fingerprint density at radius 1 is 1.39 bits per heavy atom. The van der Waals surface area contributed by atoms with Crippen molar-refractivity contribution in [1.82, 2.24) is 4.90 Å². The van der Waals surface area contributed by atoms with Crippen LogP contribution in [0.5, 0.6) is 0 Å². The molecule has 98 valence electrons. The lowest BCUT2D eigenvalue weighted by Crippen LogP contribution is -2.39. The van der Waals surface area contributed by atoms with Crippen LogP contribution in [0.25, 0.3) is 0 Å². The molecule has 0 heterocycles. The van der Waals surface area contributed by atoms with E-state index >= 15 is 0 Å². The van der Waals surface area contributed by atoms with Crippen LogP contribution < -0.4 is 11.1 Å². The van der Waals surface area contributed by atoms with Crippen LogP contribution in [0.4, 0.5) is 5.69 Å². The van der Waals surface area contributed by atoms with E-state index < -0.39 is 11.9 Å². The summed E-state index contributed by atoms with van der Waals surface area (Å²) in [5.74, 6) is -0.675. The van der Waals surface area contributed by atoms with Gasteiger partial charge in [-0.25, -0.2) is 0 Å². The van der Waals surface area contributed by atoms with Gasteiger partial charge in [0.25, 0.3) is 0 Å². The van der Waals surface area contributed by atoms with Gasteiger partial charge in [-0.2, -0.15) is 0 Å². The Labute approximate surface area is 107 Å². The number of nitrogens with zero attached hydrogens (tertiary/aromatic N) is 1. The molecule has 18 heavy (non-hydrogen) atoms. The molecule has 0 saturated carbocycles. The Morgan fingerprint density at radius 2 is 2.06 bits per heavy atom. The quantitative estimate of drug-likeness (QED) is 0.808. The Morgan fingerprint density at radius 3 is 2.56 bits per heavy atom. The lowest BCUT2D eigenvalue weighted by atomic mass is 10.1. The standard InChI is InChI=1S/C13H19N3O2/c1-9-5-4-6-10(7-9)15-11(13(14)18)8-12(17)16(2)3/h4-7,11,15H,8H2,1-3H3,(H2,14,18). The van der Waals surface area contributed by atoms with Crippen molar-refractivity contribution in [3.63, 3.8) is 0 Å². The summed E-state index contributed by atoms with van der Waals surface area (Å²) < 4.78 is 0. The molecule has 2 amide bonds. The fourth-order valence-electron chi connectivity index (χ4n) is 1.52. The third kappa shape index (κ3) is 4.08. The molecule has 0 radical (unpaired) electrons. The highest BCUT2D eigenvalue weighted by Gasteiger charge is 2.20. The second-order valence-electron chi connectivity index (χ2n) is 4.46. The van der Waals surface area contributed by atoms with Gasteiger partial charge in [-0.1, -0.05) is 12.1 Å². The van der Waals surface area contributed by atoms with E-state index in [1.807, 2.05) is 31.2 Å². The molecule has 0 aromatic heterocycles. The monoisotopic (exact) mass is 249 g/mol. The van der Waals surface area contributed by atoms with Crippen LogP contribution in [0.15, 0.2) is 24.3 Å². The summed E-state index contributed by atoms with van der Waals surface area (Å²) in [7, 11) is 3.29. The summed E-state index contributed by atoms with van der Waals surface area (Å²) in [6.45, 7) is 1.95. The minimum Gasteiger partial charge on any atom is -0.373 e. The number of rotatable bonds is 5. The van der Waals surface area contributed by atoms with Crippen molar-refractivity contribution in [2.45, 2.75) is 19.4 Å². The average molecular weight is 249 g/mol. The lowest BCUT2D eigenvalue weighted by Gasteiger charge is -2.18. The predicted molar refractivity (Wildman–Crippen MR) is 71.1 cm³/mol. The summed E-state index contributed by atoms with van der Waals surface area (Å²) in [5, 5.41) is 2.98. The summed E-state index contributed by atoms with van der Waals surface area (Å²) in [6, 6.07) is 6.87. The second kappa shape index (κ2) is 6.05. The van der Waals surface area contributed by atoms with E-state index in [0.717, 1.165) is 11.3 Å². The molecule has 0 aliphatic rings. The first-order chi connectivity index (χ1) is 8.40. The van der Waals surface area contributed by atoms with Gasteiger partial charge < -0.3 is 16.0 Å². The fourth-order valence-corrected chi connectivity index (χ4v) is 1.52. The highest BCUT2D eigenvalue weighted by atomic mass is 16.2. The van der Waals surface area contributed by atoms with Crippen LogP contribution in [0.3, 0.4) is 0 Å². The molecule has 5 nitrogen and oxygen atoms in total. The second-order valence-corrected chi connectivity index (χ2v) is 4.46. The Bertz CT molecular complexity index is 444. The number of anilines is 1. The van der Waals surface area contributed by atoms with E-state index in [4.69, 9.17) is 5.73 Å². The first kappa shape index (κ1) is 14.0. The summed E-state index contributed by atoms with van der Waals surface area (Å²) in [6.07, 6.45) is 0.0519. The van der Waals surface area contributed by atoms with Gasteiger partial charge in [0, 0.05) is 19.8 Å². The largest absolute Gasteiger partial charge is 0.373 e. The normalized spacial score (nSPS) is 11.7. The zero-order chi connectivity index (χ0) is 13.7. The Kier molecular flexibility index (Phi) is 4.71. The molecule has 5 heteroatoms. The number of benzene rings is 1. The van der Waals surface area contributed by atoms with Gasteiger partial charge in [-0.15, -0.1) is 0 Å². The molecule has 1 aromatic rings. The fraction of sp³-hybridized carbons (Fsp3) is 0.385. The molecule has 0 bridgehead atoms. The molecule has 1 atom stereocenters. The van der Waals surface area contributed by atoms with Crippen molar-refractivity contribution < 1.29 is 9.59 Å². The van der Waals surface area contributed by atoms with Crippen molar-refractivity contribution in [2.24, 2.45) is 5.73 Å². The van der Waals surface area contributed by atoms with Gasteiger partial charge in [0.2, 0.25) is 11.8 Å². The van der Waals surface area contributed by atoms with Crippen molar-refractivity contribution in [3.05, 3.63) is 29.8 Å². The van der Waals surface area contributed by atoms with E-state index in [0.29, 0.717) is 0 Å². The predicted octanol–water partition coefficient (Wildman–Crippen LogP) is 0.739. The van der Waals surface area contributed by atoms with Crippen molar-refractivity contribution >= 4 is 17.5 Å². The minimum atomic E-state index is -0.693. The van der Waals surface area contributed by atoms with Gasteiger partial charge in [-0.05, 0) is 24.6 Å². The number of nitrogens with one attached hydrogen (secondary N) is 1. The highest BCUT2D eigenvalue weighted by molar-refractivity contribution is 5.89. The molecule has 1 rings (SSSR count). The first-order valence-electron chi connectivity index (χ1n) is 5.73. The molecule has 0 fully saturated rings. The van der Waals surface area contributed by atoms with Crippen LogP contribution in [0.2, 0.25) is 0 Å². The van der Waals surface area contributed by atoms with Gasteiger partial charge in [0.15, 0.2) is 0 Å². The van der Waals surface area contributed by atoms with E-state index in [2.05, 4.69) is 5.32 Å². The molecule has 1 unspecified atom stereocenters. The molecule has 3 N–H and O–H groups in total. The zero-order valence-electron chi connectivity index (χ0n) is 10.9. The average Bonchev–Trinajstić information content (AvgIpc) is 2.27. The third-order valence-corrected chi connectivity index (χ3v) is 2.58. The number of carbonyl (C=O) groups is 2. The maximum absolute atomic E-state index is 11.6. The van der Waals surface area contributed by atoms with Crippen molar-refractivity contribution in [3.8, 4) is 0 Å². The molecular weight excluding hydrogens is 230 g/mol. The number of aryl methyl sites for hydroxylation is 1. The maximum Gasteiger partial charge on any atom is 0.240 e. The Balaban J connectivity index is 2.75. The Hall–Kier alpha value is -2.04. The minimum absolute atomic E-state index is 0.0519. The van der Waals surface area contributed by atoms with E-state index in [9.17, 15) is 9.59 Å². The van der Waals surface area contributed by atoms with Gasteiger partial charge >= 0.3 is 0 Å². The van der Waals surface area contributed by atoms with Gasteiger partial charge in [0.05, 0.1) is 6.42 Å². The first-order valence-corrected chi connectivity index (χ1v) is 5.73. The summed E-state index contributed by atoms with van der Waals surface area (Å²) in [4.78, 5) is 24.4. The number of carbonyl (C=O) groups excluding carboxylic acids is 2. The van der Waals surface area contributed by atoms with Gasteiger partial charge in [0.1, 0.15) is 6.04 Å². The number of amides is 2. The number of hydrogen-bond donors (Lipinski definition) is 2. The maximum atomic E-state index is 11.6. The van der Waals surface area contributed by atoms with Crippen molar-refractivity contribution in [2.75, 3.05) is 19.4 Å². The molecule has 0 spiro atoms. The highest BCUT2D eigenvalue weighted by Crippen LogP contribution is 2.12. The van der Waals surface area contributed by atoms with E-state index in [1.54, 1.807) is 14.1 Å². The molecule has 0 aliphatic carbocycles. The van der Waals surface area contributed by atoms with Crippen LogP contribution in [-0.2, 0) is 9.59 Å². The lowest BCUT2D eigenvalue weighted by molar-refractivity contribution is -0.131. The van der Waals surface area contributed by atoms with Crippen LogP contribution in [-0.4, -0.2) is 36.9 Å². The summed E-state index contributed by atoms with van der Waals surface area (Å²) in [5.41, 5.74) is 7.15.